The van der Waals surface area contributed by atoms with Crippen LogP contribution in [0.15, 0.2) is 0 Å². The number of rotatable bonds is 8. The smallest absolute Gasteiger partial charge is 0.331 e. The van der Waals surface area contributed by atoms with Gasteiger partial charge in [0.2, 0.25) is 5.91 Å². The van der Waals surface area contributed by atoms with E-state index in [4.69, 9.17) is 15.3 Å². The third-order valence-electron chi connectivity index (χ3n) is 3.80. The minimum atomic E-state index is -0.639. The van der Waals surface area contributed by atoms with Crippen molar-refractivity contribution in [1.29, 1.82) is 0 Å². The van der Waals surface area contributed by atoms with Crippen LogP contribution in [-0.2, 0) is 19.2 Å². The Morgan fingerprint density at radius 2 is 2.09 bits per heavy atom. The van der Waals surface area contributed by atoms with E-state index in [1.54, 1.807) is 0 Å². The molecule has 0 radical (unpaired) electrons. The van der Waals surface area contributed by atoms with Crippen LogP contribution in [0.5, 0.6) is 0 Å². The second-order valence-electron chi connectivity index (χ2n) is 6.13. The molecular formula is C15H29ClN2O4. The molecule has 1 unspecified atom stereocenters. The maximum absolute atomic E-state index is 12.3. The largest absolute Gasteiger partial charge is 0.464 e. The van der Waals surface area contributed by atoms with Crippen LogP contribution in [-0.4, -0.2) is 42.2 Å². The predicted molar refractivity (Wildman–Crippen MR) is 86.3 cm³/mol. The van der Waals surface area contributed by atoms with Crippen molar-refractivity contribution in [2.45, 2.75) is 59.0 Å². The highest BCUT2D eigenvalue weighted by Gasteiger charge is 2.37. The average Bonchev–Trinajstić information content (AvgIpc) is 2.83. The van der Waals surface area contributed by atoms with Crippen LogP contribution in [0.25, 0.3) is 0 Å². The van der Waals surface area contributed by atoms with Crippen LogP contribution in [0.3, 0.4) is 0 Å². The van der Waals surface area contributed by atoms with E-state index in [0.29, 0.717) is 25.4 Å². The van der Waals surface area contributed by atoms with Crippen LogP contribution < -0.4 is 5.73 Å². The predicted octanol–water partition coefficient (Wildman–Crippen LogP) is 1.90. The van der Waals surface area contributed by atoms with E-state index >= 15 is 0 Å². The number of halogens is 1. The van der Waals surface area contributed by atoms with Crippen molar-refractivity contribution in [3.05, 3.63) is 0 Å². The monoisotopic (exact) mass is 336 g/mol. The van der Waals surface area contributed by atoms with Crippen molar-refractivity contribution < 1.29 is 19.2 Å². The summed E-state index contributed by atoms with van der Waals surface area (Å²) >= 11 is 0. The minimum absolute atomic E-state index is 0. The minimum Gasteiger partial charge on any atom is -0.464 e. The maximum atomic E-state index is 12.3. The normalized spacial score (nSPS) is 20.3. The summed E-state index contributed by atoms with van der Waals surface area (Å²) in [5.41, 5.74) is 6.03. The summed E-state index contributed by atoms with van der Waals surface area (Å²) in [5.74, 6) is -0.0961. The van der Waals surface area contributed by atoms with Crippen molar-refractivity contribution in [3.63, 3.8) is 0 Å². The number of carbonyl (C=O) groups excluding carboxylic acids is 2. The summed E-state index contributed by atoms with van der Waals surface area (Å²) in [5, 5.41) is 1.19. The fraction of sp³-hybridized carbons (Fsp3) is 0.867. The van der Waals surface area contributed by atoms with Gasteiger partial charge < -0.3 is 10.5 Å². The quantitative estimate of drug-likeness (QED) is 0.541. The molecule has 1 saturated heterocycles. The molecule has 1 aliphatic heterocycles. The van der Waals surface area contributed by atoms with E-state index in [1.165, 1.54) is 5.06 Å². The Kier molecular flexibility index (Phi) is 9.64. The molecule has 1 amide bonds. The molecule has 3 atom stereocenters. The van der Waals surface area contributed by atoms with Gasteiger partial charge in [0.15, 0.2) is 6.04 Å². The standard InChI is InChI=1S/C15H28N2O4.ClH/c1-5-11(4)12(16)9-21-17(14(18)8-10(2)3)13-6-7-20-15(13)19;/h10-13H,5-9,16H2,1-4H3;1H/t11-,12?,13-;/m0./s1. The lowest BCUT2D eigenvalue weighted by Gasteiger charge is -2.28. The van der Waals surface area contributed by atoms with Gasteiger partial charge >= 0.3 is 5.97 Å². The van der Waals surface area contributed by atoms with E-state index in [0.717, 1.165) is 6.42 Å². The molecule has 22 heavy (non-hydrogen) atoms. The molecule has 0 bridgehead atoms. The zero-order valence-electron chi connectivity index (χ0n) is 13.9. The second-order valence-corrected chi connectivity index (χ2v) is 6.13. The first-order chi connectivity index (χ1) is 9.86. The molecule has 0 aromatic rings. The van der Waals surface area contributed by atoms with Gasteiger partial charge in [0.1, 0.15) is 0 Å². The summed E-state index contributed by atoms with van der Waals surface area (Å²) < 4.78 is 4.93. The third kappa shape index (κ3) is 6.10. The van der Waals surface area contributed by atoms with Crippen LogP contribution in [0.1, 0.15) is 47.0 Å². The molecular weight excluding hydrogens is 308 g/mol. The van der Waals surface area contributed by atoms with Crippen molar-refractivity contribution in [1.82, 2.24) is 5.06 Å². The lowest BCUT2D eigenvalue weighted by molar-refractivity contribution is -0.206. The number of amides is 1. The Balaban J connectivity index is 0.00000441. The van der Waals surface area contributed by atoms with Crippen molar-refractivity contribution in [2.75, 3.05) is 13.2 Å². The van der Waals surface area contributed by atoms with E-state index < -0.39 is 12.0 Å². The van der Waals surface area contributed by atoms with E-state index in [9.17, 15) is 9.59 Å². The van der Waals surface area contributed by atoms with Gasteiger partial charge in [-0.1, -0.05) is 34.1 Å². The Hall–Kier alpha value is -0.850. The topological polar surface area (TPSA) is 81.9 Å². The van der Waals surface area contributed by atoms with E-state index in [2.05, 4.69) is 6.92 Å². The number of cyclic esters (lactones) is 1. The number of nitrogens with two attached hydrogens (primary N) is 1. The van der Waals surface area contributed by atoms with Gasteiger partial charge in [0.25, 0.3) is 0 Å². The number of hydroxylamine groups is 2. The highest BCUT2D eigenvalue weighted by molar-refractivity contribution is 5.85. The first kappa shape index (κ1) is 21.1. The van der Waals surface area contributed by atoms with Gasteiger partial charge in [-0.05, 0) is 11.8 Å². The Morgan fingerprint density at radius 3 is 2.55 bits per heavy atom. The molecule has 130 valence electrons. The van der Waals surface area contributed by atoms with Gasteiger partial charge in [-0.15, -0.1) is 12.4 Å². The number of ether oxygens (including phenoxy) is 1. The molecule has 1 heterocycles. The first-order valence-corrected chi connectivity index (χ1v) is 7.74. The molecule has 0 aromatic carbocycles. The van der Waals surface area contributed by atoms with Gasteiger partial charge in [0, 0.05) is 18.9 Å². The molecule has 2 N–H and O–H groups in total. The molecule has 0 aliphatic carbocycles. The number of carbonyl (C=O) groups is 2. The van der Waals surface area contributed by atoms with E-state index in [1.807, 2.05) is 20.8 Å². The van der Waals surface area contributed by atoms with Gasteiger partial charge in [0.05, 0.1) is 13.2 Å². The highest BCUT2D eigenvalue weighted by Crippen LogP contribution is 2.18. The Bertz CT molecular complexity index is 365. The number of hydrogen-bond donors (Lipinski definition) is 1. The highest BCUT2D eigenvalue weighted by atomic mass is 35.5. The molecule has 0 aromatic heterocycles. The third-order valence-corrected chi connectivity index (χ3v) is 3.80. The SMILES string of the molecule is CC[C@H](C)C(N)CON(C(=O)CC(C)C)[C@H]1CCOC1=O.Cl. The fourth-order valence-electron chi connectivity index (χ4n) is 2.11. The average molecular weight is 337 g/mol. The lowest BCUT2D eigenvalue weighted by atomic mass is 10.0. The Morgan fingerprint density at radius 1 is 1.45 bits per heavy atom. The number of esters is 1. The molecule has 0 saturated carbocycles. The van der Waals surface area contributed by atoms with Gasteiger partial charge in [-0.25, -0.2) is 9.86 Å². The van der Waals surface area contributed by atoms with Crippen molar-refractivity contribution in [3.8, 4) is 0 Å². The zero-order chi connectivity index (χ0) is 16.0. The Labute approximate surface area is 139 Å². The van der Waals surface area contributed by atoms with E-state index in [-0.39, 0.29) is 36.9 Å². The maximum Gasteiger partial charge on any atom is 0.331 e. The zero-order valence-corrected chi connectivity index (χ0v) is 14.7. The molecule has 0 spiro atoms. The van der Waals surface area contributed by atoms with Gasteiger partial charge in [-0.2, -0.15) is 0 Å². The summed E-state index contributed by atoms with van der Waals surface area (Å²) in [6.07, 6.45) is 1.75. The van der Waals surface area contributed by atoms with Crippen LogP contribution in [0.2, 0.25) is 0 Å². The fourth-order valence-corrected chi connectivity index (χ4v) is 2.11. The molecule has 1 fully saturated rings. The molecule has 1 rings (SSSR count). The lowest BCUT2D eigenvalue weighted by Crippen LogP contribution is -2.46. The van der Waals surface area contributed by atoms with Crippen LogP contribution >= 0.6 is 12.4 Å². The molecule has 7 heteroatoms. The van der Waals surface area contributed by atoms with Crippen LogP contribution in [0.4, 0.5) is 0 Å². The molecule has 1 aliphatic rings. The summed E-state index contributed by atoms with van der Waals surface area (Å²) in [6, 6.07) is -0.804. The first-order valence-electron chi connectivity index (χ1n) is 7.74. The van der Waals surface area contributed by atoms with Gasteiger partial charge in [-0.3, -0.25) is 9.63 Å². The number of hydrogen-bond acceptors (Lipinski definition) is 5. The summed E-state index contributed by atoms with van der Waals surface area (Å²) in [6.45, 7) is 8.55. The number of nitrogens with zero attached hydrogens (tertiary/aromatic N) is 1. The van der Waals surface area contributed by atoms with Crippen molar-refractivity contribution >= 4 is 24.3 Å². The van der Waals surface area contributed by atoms with Crippen molar-refractivity contribution in [2.24, 2.45) is 17.6 Å². The second kappa shape index (κ2) is 10.0. The summed E-state index contributed by atoms with van der Waals surface area (Å²) in [4.78, 5) is 29.6. The summed E-state index contributed by atoms with van der Waals surface area (Å²) in [7, 11) is 0. The van der Waals surface area contributed by atoms with Crippen LogP contribution in [0, 0.1) is 11.8 Å². The molecule has 6 nitrogen and oxygen atoms in total.